The minimum atomic E-state index is -0.414. The summed E-state index contributed by atoms with van der Waals surface area (Å²) in [5.74, 6) is -0.203. The maximum atomic E-state index is 13.5. The normalized spacial score (nSPS) is 11.3. The molecule has 0 fully saturated rings. The number of carbonyl (C=O) groups is 1. The number of nitrogens with zero attached hydrogens (tertiary/aromatic N) is 3. The van der Waals surface area contributed by atoms with E-state index in [4.69, 9.17) is 39.3 Å². The Balaban J connectivity index is 1.61. The summed E-state index contributed by atoms with van der Waals surface area (Å²) in [4.78, 5) is 17.8. The molecule has 3 aromatic carbocycles. The maximum Gasteiger partial charge on any atom is 0.258 e. The highest BCUT2D eigenvalue weighted by molar-refractivity contribution is 6.37. The largest absolute Gasteiger partial charge is 0.333 e. The van der Waals surface area contributed by atoms with E-state index in [9.17, 15) is 4.79 Å². The quantitative estimate of drug-likeness (QED) is 0.241. The third-order valence-corrected chi connectivity index (χ3v) is 6.36. The minimum Gasteiger partial charge on any atom is -0.333 e. The molecule has 2 heterocycles. The van der Waals surface area contributed by atoms with E-state index in [-0.39, 0.29) is 16.9 Å². The van der Waals surface area contributed by atoms with E-state index >= 15 is 0 Å². The second-order valence-corrected chi connectivity index (χ2v) is 8.83. The molecule has 0 amide bonds. The Morgan fingerprint density at radius 3 is 2.55 bits per heavy atom. The summed E-state index contributed by atoms with van der Waals surface area (Å²) in [6.45, 7) is 2.32. The fraction of sp³-hybridized carbons (Fsp3) is 0.0800. The molecular formula is C25H16Cl3N3O2. The lowest BCUT2D eigenvalue weighted by molar-refractivity contribution is 0.102. The molecule has 2 aromatic heterocycles. The lowest BCUT2D eigenvalue weighted by Crippen LogP contribution is -2.06. The first-order valence-electron chi connectivity index (χ1n) is 10.1. The van der Waals surface area contributed by atoms with Crippen molar-refractivity contribution in [2.75, 3.05) is 0 Å². The zero-order chi connectivity index (χ0) is 23.1. The summed E-state index contributed by atoms with van der Waals surface area (Å²) in [5, 5.41) is 5.97. The monoisotopic (exact) mass is 495 g/mol. The fourth-order valence-electron chi connectivity index (χ4n) is 3.75. The van der Waals surface area contributed by atoms with Crippen LogP contribution >= 0.6 is 34.8 Å². The van der Waals surface area contributed by atoms with Crippen LogP contribution in [0.4, 0.5) is 0 Å². The molecule has 8 heteroatoms. The third kappa shape index (κ3) is 4.04. The van der Waals surface area contributed by atoms with E-state index in [0.29, 0.717) is 27.5 Å². The molecule has 5 nitrogen and oxygen atoms in total. The molecule has 0 N–H and O–H groups in total. The minimum absolute atomic E-state index is 0.0548. The number of hydrogen-bond acceptors (Lipinski definition) is 4. The summed E-state index contributed by atoms with van der Waals surface area (Å²) in [6, 6.07) is 20.4. The molecule has 164 valence electrons. The van der Waals surface area contributed by atoms with Gasteiger partial charge in [-0.15, -0.1) is 0 Å². The van der Waals surface area contributed by atoms with Gasteiger partial charge in [-0.3, -0.25) is 4.79 Å². The molecule has 0 aliphatic rings. The summed E-state index contributed by atoms with van der Waals surface area (Å²) in [7, 11) is 0. The van der Waals surface area contributed by atoms with Crippen LogP contribution in [0, 0.1) is 6.92 Å². The molecular weight excluding hydrogens is 481 g/mol. The van der Waals surface area contributed by atoms with Gasteiger partial charge in [0.1, 0.15) is 5.15 Å². The number of fused-ring (bicyclic) bond motifs is 1. The second kappa shape index (κ2) is 8.67. The number of carbonyl (C=O) groups excluding carboxylic acids is 1. The molecule has 33 heavy (non-hydrogen) atoms. The van der Waals surface area contributed by atoms with Crippen LogP contribution < -0.4 is 0 Å². The van der Waals surface area contributed by atoms with Crippen molar-refractivity contribution < 1.29 is 9.32 Å². The molecule has 0 saturated carbocycles. The molecule has 5 aromatic rings. The van der Waals surface area contributed by atoms with E-state index in [1.54, 1.807) is 12.1 Å². The Kier molecular flexibility index (Phi) is 5.71. The van der Waals surface area contributed by atoms with Gasteiger partial charge in [-0.1, -0.05) is 75.9 Å². The van der Waals surface area contributed by atoms with Crippen molar-refractivity contribution >= 4 is 51.5 Å². The molecule has 0 radical (unpaired) electrons. The number of rotatable bonds is 5. The first kappa shape index (κ1) is 21.7. The van der Waals surface area contributed by atoms with Crippen LogP contribution in [0.5, 0.6) is 0 Å². The molecule has 5 rings (SSSR count). The predicted molar refractivity (Wildman–Crippen MR) is 130 cm³/mol. The first-order chi connectivity index (χ1) is 15.9. The highest BCUT2D eigenvalue weighted by Crippen LogP contribution is 2.34. The highest BCUT2D eigenvalue weighted by atomic mass is 35.5. The molecule has 0 saturated heterocycles. The highest BCUT2D eigenvalue weighted by Gasteiger charge is 2.27. The number of aryl methyl sites for hydroxylation is 1. The van der Waals surface area contributed by atoms with Gasteiger partial charge in [0.2, 0.25) is 11.6 Å². The number of halogens is 3. The standard InChI is InChI=1S/C25H16Cl3N3O2/c1-14-7-10-20-18(11-14)21(23(28)31(20)13-16-8-9-17(26)12-19(16)27)22(32)24-29-25(33-30-24)15-5-3-2-4-6-15/h2-12H,13H2,1H3. The average molecular weight is 497 g/mol. The first-order valence-corrected chi connectivity index (χ1v) is 11.2. The Bertz CT molecular complexity index is 1510. The molecule has 0 spiro atoms. The van der Waals surface area contributed by atoms with Crippen LogP contribution in [0.15, 0.2) is 71.3 Å². The van der Waals surface area contributed by atoms with Gasteiger partial charge in [-0.2, -0.15) is 4.98 Å². The van der Waals surface area contributed by atoms with Gasteiger partial charge >= 0.3 is 0 Å². The topological polar surface area (TPSA) is 60.9 Å². The van der Waals surface area contributed by atoms with Crippen molar-refractivity contribution in [2.24, 2.45) is 0 Å². The number of hydrogen-bond donors (Lipinski definition) is 0. The van der Waals surface area contributed by atoms with Crippen molar-refractivity contribution in [1.29, 1.82) is 0 Å². The maximum absolute atomic E-state index is 13.5. The molecule has 0 aliphatic heterocycles. The predicted octanol–water partition coefficient (Wildman–Crippen LogP) is 7.24. The molecule has 0 unspecified atom stereocenters. The summed E-state index contributed by atoms with van der Waals surface area (Å²) in [5.41, 5.74) is 3.66. The number of aromatic nitrogens is 3. The van der Waals surface area contributed by atoms with Gasteiger partial charge in [0.15, 0.2) is 0 Å². The van der Waals surface area contributed by atoms with E-state index < -0.39 is 5.78 Å². The smallest absolute Gasteiger partial charge is 0.258 e. The van der Waals surface area contributed by atoms with E-state index in [0.717, 1.165) is 22.2 Å². The van der Waals surface area contributed by atoms with Crippen molar-refractivity contribution in [3.8, 4) is 11.5 Å². The second-order valence-electron chi connectivity index (χ2n) is 7.63. The SMILES string of the molecule is Cc1ccc2c(c1)c(C(=O)c1noc(-c3ccccc3)n1)c(Cl)n2Cc1ccc(Cl)cc1Cl. The molecule has 0 bridgehead atoms. The molecule has 0 aliphatic carbocycles. The Hall–Kier alpha value is -3.12. The van der Waals surface area contributed by atoms with E-state index in [2.05, 4.69) is 10.1 Å². The van der Waals surface area contributed by atoms with Crippen LogP contribution in [0.1, 0.15) is 27.3 Å². The summed E-state index contributed by atoms with van der Waals surface area (Å²) in [6.07, 6.45) is 0. The average Bonchev–Trinajstić information content (AvgIpc) is 3.39. The van der Waals surface area contributed by atoms with Gasteiger partial charge in [0.05, 0.1) is 17.6 Å². The zero-order valence-corrected chi connectivity index (χ0v) is 19.6. The van der Waals surface area contributed by atoms with Crippen LogP contribution in [-0.2, 0) is 6.54 Å². The van der Waals surface area contributed by atoms with Crippen molar-refractivity contribution in [3.05, 3.63) is 104 Å². The van der Waals surface area contributed by atoms with Gasteiger partial charge in [0, 0.05) is 21.0 Å². The van der Waals surface area contributed by atoms with E-state index in [1.165, 1.54) is 0 Å². The van der Waals surface area contributed by atoms with Crippen LogP contribution in [0.2, 0.25) is 15.2 Å². The van der Waals surface area contributed by atoms with Crippen LogP contribution in [0.3, 0.4) is 0 Å². The number of ketones is 1. The summed E-state index contributed by atoms with van der Waals surface area (Å²) < 4.78 is 7.18. The Morgan fingerprint density at radius 1 is 1.00 bits per heavy atom. The van der Waals surface area contributed by atoms with Gasteiger partial charge in [-0.25, -0.2) is 0 Å². The van der Waals surface area contributed by atoms with Crippen molar-refractivity contribution in [2.45, 2.75) is 13.5 Å². The van der Waals surface area contributed by atoms with Gasteiger partial charge in [0.25, 0.3) is 5.89 Å². The van der Waals surface area contributed by atoms with Gasteiger partial charge < -0.3 is 9.09 Å². The Labute approximate surface area is 204 Å². The van der Waals surface area contributed by atoms with E-state index in [1.807, 2.05) is 66.1 Å². The van der Waals surface area contributed by atoms with Gasteiger partial charge in [-0.05, 0) is 48.9 Å². The Morgan fingerprint density at radius 2 is 1.79 bits per heavy atom. The van der Waals surface area contributed by atoms with Crippen molar-refractivity contribution in [1.82, 2.24) is 14.7 Å². The van der Waals surface area contributed by atoms with Crippen LogP contribution in [0.25, 0.3) is 22.4 Å². The lowest BCUT2D eigenvalue weighted by Gasteiger charge is -2.10. The fourth-order valence-corrected chi connectivity index (χ4v) is 4.56. The lowest BCUT2D eigenvalue weighted by atomic mass is 10.1. The molecule has 0 atom stereocenters. The zero-order valence-electron chi connectivity index (χ0n) is 17.3. The summed E-state index contributed by atoms with van der Waals surface area (Å²) >= 11 is 19.2. The number of benzene rings is 3. The third-order valence-electron chi connectivity index (χ3n) is 5.38. The van der Waals surface area contributed by atoms with Crippen molar-refractivity contribution in [3.63, 3.8) is 0 Å². The van der Waals surface area contributed by atoms with Crippen LogP contribution in [-0.4, -0.2) is 20.5 Å².